The second-order valence-corrected chi connectivity index (χ2v) is 7.30. The average molecular weight is 354 g/mol. The molecule has 0 aliphatic heterocycles. The van der Waals surface area contributed by atoms with Gasteiger partial charge in [0, 0.05) is 22.8 Å². The largest absolute Gasteiger partial charge is 0.344 e. The van der Waals surface area contributed by atoms with Gasteiger partial charge in [-0.1, -0.05) is 60.2 Å². The van der Waals surface area contributed by atoms with Gasteiger partial charge < -0.3 is 4.98 Å². The summed E-state index contributed by atoms with van der Waals surface area (Å²) >= 11 is 7.96. The zero-order chi connectivity index (χ0) is 16.4. The summed E-state index contributed by atoms with van der Waals surface area (Å²) in [4.78, 5) is 11.9. The normalized spacial score (nSPS) is 17.2. The van der Waals surface area contributed by atoms with Crippen LogP contribution in [0.5, 0.6) is 0 Å². The van der Waals surface area contributed by atoms with Gasteiger partial charge >= 0.3 is 0 Å². The summed E-state index contributed by atoms with van der Waals surface area (Å²) in [6, 6.07) is 10.6. The standard InChI is InChI=1S/C19H16ClN3S/c20-17-11-22-19-18(23-17)16(10-21-19)14-7-4-8-15(9-14)24-12-13-5-2-1-3-6-13/h1-7,9-11,15H,8,12H2,(H,21,22). The molecule has 0 saturated heterocycles. The van der Waals surface area contributed by atoms with Crippen LogP contribution in [0.2, 0.25) is 5.15 Å². The molecule has 5 heteroatoms. The van der Waals surface area contributed by atoms with Gasteiger partial charge in [0.25, 0.3) is 0 Å². The zero-order valence-electron chi connectivity index (χ0n) is 12.9. The molecule has 2 heterocycles. The Labute approximate surface area is 149 Å². The van der Waals surface area contributed by atoms with Gasteiger partial charge in [-0.15, -0.1) is 11.8 Å². The van der Waals surface area contributed by atoms with Crippen LogP contribution in [0.15, 0.2) is 61.0 Å². The molecule has 1 aliphatic rings. The number of aromatic nitrogens is 3. The van der Waals surface area contributed by atoms with E-state index in [0.29, 0.717) is 10.4 Å². The van der Waals surface area contributed by atoms with Crippen molar-refractivity contribution in [1.29, 1.82) is 0 Å². The molecule has 0 saturated carbocycles. The van der Waals surface area contributed by atoms with Crippen LogP contribution in [0.1, 0.15) is 17.5 Å². The van der Waals surface area contributed by atoms with Crippen molar-refractivity contribution in [3.63, 3.8) is 0 Å². The number of aromatic amines is 1. The molecule has 0 bridgehead atoms. The van der Waals surface area contributed by atoms with Gasteiger partial charge in [0.15, 0.2) is 5.65 Å². The van der Waals surface area contributed by atoms with E-state index in [1.165, 1.54) is 11.1 Å². The van der Waals surface area contributed by atoms with E-state index in [2.05, 4.69) is 63.5 Å². The second-order valence-electron chi connectivity index (χ2n) is 5.69. The third-order valence-electron chi connectivity index (χ3n) is 4.00. The minimum Gasteiger partial charge on any atom is -0.344 e. The van der Waals surface area contributed by atoms with Crippen molar-refractivity contribution in [3.05, 3.63) is 77.2 Å². The highest BCUT2D eigenvalue weighted by molar-refractivity contribution is 7.99. The van der Waals surface area contributed by atoms with Crippen LogP contribution in [0, 0.1) is 0 Å². The predicted octanol–water partition coefficient (Wildman–Crippen LogP) is 5.26. The molecule has 0 radical (unpaired) electrons. The third kappa shape index (κ3) is 3.25. The van der Waals surface area contributed by atoms with E-state index in [-0.39, 0.29) is 0 Å². The summed E-state index contributed by atoms with van der Waals surface area (Å²) in [6.07, 6.45) is 11.3. The Bertz CT molecular complexity index is 915. The summed E-state index contributed by atoms with van der Waals surface area (Å²) in [5, 5.41) is 0.876. The number of allylic oxidation sites excluding steroid dienone is 3. The smallest absolute Gasteiger partial charge is 0.156 e. The number of thioether (sulfide) groups is 1. The van der Waals surface area contributed by atoms with Crippen LogP contribution in [-0.2, 0) is 5.75 Å². The number of halogens is 1. The van der Waals surface area contributed by atoms with Crippen molar-refractivity contribution in [2.75, 3.05) is 0 Å². The first kappa shape index (κ1) is 15.5. The average Bonchev–Trinajstić information content (AvgIpc) is 3.04. The van der Waals surface area contributed by atoms with E-state index in [1.54, 1.807) is 6.20 Å². The van der Waals surface area contributed by atoms with E-state index < -0.39 is 0 Å². The number of hydrogen-bond donors (Lipinski definition) is 1. The summed E-state index contributed by atoms with van der Waals surface area (Å²) in [5.41, 5.74) is 5.18. The summed E-state index contributed by atoms with van der Waals surface area (Å²) < 4.78 is 0. The highest BCUT2D eigenvalue weighted by Crippen LogP contribution is 2.32. The Morgan fingerprint density at radius 3 is 3.00 bits per heavy atom. The molecule has 3 nitrogen and oxygen atoms in total. The van der Waals surface area contributed by atoms with Crippen molar-refractivity contribution >= 4 is 40.1 Å². The second kappa shape index (κ2) is 6.83. The summed E-state index contributed by atoms with van der Waals surface area (Å²) in [7, 11) is 0. The molecule has 2 aromatic heterocycles. The van der Waals surface area contributed by atoms with Crippen LogP contribution in [0.3, 0.4) is 0 Å². The number of benzene rings is 1. The van der Waals surface area contributed by atoms with Crippen LogP contribution in [0.4, 0.5) is 0 Å². The van der Waals surface area contributed by atoms with Gasteiger partial charge in [-0.3, -0.25) is 0 Å². The van der Waals surface area contributed by atoms with Crippen molar-refractivity contribution in [1.82, 2.24) is 15.0 Å². The predicted molar refractivity (Wildman–Crippen MR) is 102 cm³/mol. The van der Waals surface area contributed by atoms with Crippen LogP contribution in [-0.4, -0.2) is 20.2 Å². The van der Waals surface area contributed by atoms with Crippen molar-refractivity contribution in [2.24, 2.45) is 0 Å². The Morgan fingerprint density at radius 1 is 1.25 bits per heavy atom. The van der Waals surface area contributed by atoms with Gasteiger partial charge in [0.1, 0.15) is 10.7 Å². The molecule has 3 aromatic rings. The fraction of sp³-hybridized carbons (Fsp3) is 0.158. The van der Waals surface area contributed by atoms with E-state index in [4.69, 9.17) is 11.6 Å². The lowest BCUT2D eigenvalue weighted by atomic mass is 10.0. The highest BCUT2D eigenvalue weighted by atomic mass is 35.5. The number of nitrogens with zero attached hydrogens (tertiary/aromatic N) is 2. The fourth-order valence-corrected chi connectivity index (χ4v) is 4.04. The third-order valence-corrected chi connectivity index (χ3v) is 5.44. The molecule has 120 valence electrons. The lowest BCUT2D eigenvalue weighted by molar-refractivity contribution is 1.06. The number of nitrogens with one attached hydrogen (secondary N) is 1. The molecular formula is C19H16ClN3S. The van der Waals surface area contributed by atoms with E-state index in [1.807, 2.05) is 18.0 Å². The first-order chi connectivity index (χ1) is 11.8. The first-order valence-corrected chi connectivity index (χ1v) is 9.26. The monoisotopic (exact) mass is 353 g/mol. The SMILES string of the molecule is Clc1cnc2[nH]cc(C3=CC(SCc4ccccc4)CC=C3)c2n1. The van der Waals surface area contributed by atoms with Gasteiger partial charge in [-0.05, 0) is 17.6 Å². The summed E-state index contributed by atoms with van der Waals surface area (Å²) in [5.74, 6) is 1.02. The van der Waals surface area contributed by atoms with Gasteiger partial charge in [-0.2, -0.15) is 0 Å². The molecule has 1 aliphatic carbocycles. The van der Waals surface area contributed by atoms with E-state index in [9.17, 15) is 0 Å². The lowest BCUT2D eigenvalue weighted by Crippen LogP contribution is -2.02. The molecule has 4 rings (SSSR count). The summed E-state index contributed by atoms with van der Waals surface area (Å²) in [6.45, 7) is 0. The Balaban J connectivity index is 1.57. The zero-order valence-corrected chi connectivity index (χ0v) is 14.5. The molecular weight excluding hydrogens is 338 g/mol. The molecule has 0 amide bonds. The molecule has 1 atom stereocenters. The number of H-pyrrole nitrogens is 1. The maximum Gasteiger partial charge on any atom is 0.156 e. The van der Waals surface area contributed by atoms with Crippen molar-refractivity contribution in [3.8, 4) is 0 Å². The van der Waals surface area contributed by atoms with Crippen molar-refractivity contribution in [2.45, 2.75) is 17.4 Å². The van der Waals surface area contributed by atoms with Crippen LogP contribution in [0.25, 0.3) is 16.7 Å². The quantitative estimate of drug-likeness (QED) is 0.695. The number of rotatable bonds is 4. The van der Waals surface area contributed by atoms with Gasteiger partial charge in [0.05, 0.1) is 6.20 Å². The first-order valence-electron chi connectivity index (χ1n) is 7.83. The molecule has 1 unspecified atom stereocenters. The van der Waals surface area contributed by atoms with Crippen molar-refractivity contribution < 1.29 is 0 Å². The highest BCUT2D eigenvalue weighted by Gasteiger charge is 2.15. The van der Waals surface area contributed by atoms with Crippen LogP contribution < -0.4 is 0 Å². The molecule has 1 aromatic carbocycles. The Hall–Kier alpha value is -2.04. The van der Waals surface area contributed by atoms with Gasteiger partial charge in [-0.25, -0.2) is 9.97 Å². The molecule has 1 N–H and O–H groups in total. The number of hydrogen-bond acceptors (Lipinski definition) is 3. The minimum absolute atomic E-state index is 0.416. The topological polar surface area (TPSA) is 41.6 Å². The Morgan fingerprint density at radius 2 is 2.12 bits per heavy atom. The molecule has 24 heavy (non-hydrogen) atoms. The fourth-order valence-electron chi connectivity index (χ4n) is 2.82. The molecule has 0 fully saturated rings. The van der Waals surface area contributed by atoms with E-state index >= 15 is 0 Å². The maximum absolute atomic E-state index is 6.00. The van der Waals surface area contributed by atoms with Gasteiger partial charge in [0.2, 0.25) is 0 Å². The molecule has 0 spiro atoms. The number of fused-ring (bicyclic) bond motifs is 1. The van der Waals surface area contributed by atoms with Crippen LogP contribution >= 0.6 is 23.4 Å². The Kier molecular flexibility index (Phi) is 4.41. The van der Waals surface area contributed by atoms with E-state index in [0.717, 1.165) is 28.9 Å². The minimum atomic E-state index is 0.416. The lowest BCUT2D eigenvalue weighted by Gasteiger charge is -2.16. The maximum atomic E-state index is 6.00.